The zero-order valence-corrected chi connectivity index (χ0v) is 18.9. The maximum atomic E-state index is 12.9. The van der Waals surface area contributed by atoms with E-state index < -0.39 is 23.5 Å². The van der Waals surface area contributed by atoms with E-state index in [0.717, 1.165) is 22.3 Å². The Balaban J connectivity index is 1.43. The maximum Gasteiger partial charge on any atom is 0.408 e. The van der Waals surface area contributed by atoms with Gasteiger partial charge in [-0.2, -0.15) is 0 Å². The number of nitrogens with one attached hydrogen (secondary N) is 2. The molecule has 1 heterocycles. The van der Waals surface area contributed by atoms with E-state index in [1.807, 2.05) is 36.4 Å². The van der Waals surface area contributed by atoms with Crippen molar-refractivity contribution in [2.75, 3.05) is 11.9 Å². The molecule has 0 saturated carbocycles. The van der Waals surface area contributed by atoms with Gasteiger partial charge < -0.3 is 20.5 Å². The lowest BCUT2D eigenvalue weighted by Gasteiger charge is -2.28. The molecule has 2 amide bonds. The molecule has 1 aliphatic carbocycles. The van der Waals surface area contributed by atoms with Gasteiger partial charge in [-0.05, 0) is 41.7 Å². The number of hydrogen-bond donors (Lipinski definition) is 3. The molecule has 3 aromatic rings. The summed E-state index contributed by atoms with van der Waals surface area (Å²) in [5.41, 5.74) is 3.34. The van der Waals surface area contributed by atoms with Gasteiger partial charge in [-0.1, -0.05) is 55.5 Å². The van der Waals surface area contributed by atoms with E-state index in [1.54, 1.807) is 13.8 Å². The number of carboxylic acid groups (broad SMARTS) is 1. The highest BCUT2D eigenvalue weighted by atomic mass is 16.5. The number of hydrogen-bond acceptors (Lipinski definition) is 5. The highest BCUT2D eigenvalue weighted by molar-refractivity contribution is 6.00. The van der Waals surface area contributed by atoms with Crippen LogP contribution in [0.2, 0.25) is 0 Å². The number of ether oxygens (including phenoxy) is 1. The number of fused-ring (bicyclic) bond motifs is 3. The Morgan fingerprint density at radius 1 is 1.03 bits per heavy atom. The third-order valence-corrected chi connectivity index (χ3v) is 6.17. The fraction of sp³-hybridized carbons (Fsp3) is 0.231. The molecule has 2 aromatic carbocycles. The van der Waals surface area contributed by atoms with Crippen molar-refractivity contribution >= 4 is 23.7 Å². The number of carbonyl (C=O) groups is 3. The smallest absolute Gasteiger partial charge is 0.408 e. The predicted molar refractivity (Wildman–Crippen MR) is 127 cm³/mol. The Morgan fingerprint density at radius 2 is 1.65 bits per heavy atom. The van der Waals surface area contributed by atoms with Crippen LogP contribution < -0.4 is 10.6 Å². The minimum Gasteiger partial charge on any atom is -0.478 e. The third kappa shape index (κ3) is 4.47. The number of carbonyl (C=O) groups excluding carboxylic acids is 2. The molecule has 8 heteroatoms. The Kier molecular flexibility index (Phi) is 6.32. The monoisotopic (exact) mass is 459 g/mol. The summed E-state index contributed by atoms with van der Waals surface area (Å²) in [5.74, 6) is -1.75. The van der Waals surface area contributed by atoms with Gasteiger partial charge in [0.05, 0.1) is 17.4 Å². The van der Waals surface area contributed by atoms with Crippen LogP contribution >= 0.6 is 0 Å². The van der Waals surface area contributed by atoms with Crippen LogP contribution in [0.15, 0.2) is 67.0 Å². The SMILES string of the molecule is CCC(C)(NC(=O)OCC1c2ccccc2-c2ccccc21)C(=O)Nc1cncc(C(=O)O)c1. The van der Waals surface area contributed by atoms with Crippen LogP contribution in [-0.2, 0) is 9.53 Å². The molecule has 4 rings (SSSR count). The maximum absolute atomic E-state index is 12.9. The molecular weight excluding hydrogens is 434 g/mol. The molecular formula is C26H25N3O5. The molecule has 0 fully saturated rings. The topological polar surface area (TPSA) is 118 Å². The first kappa shape index (κ1) is 23.0. The van der Waals surface area contributed by atoms with Crippen LogP contribution in [0.1, 0.15) is 47.7 Å². The van der Waals surface area contributed by atoms with E-state index in [4.69, 9.17) is 9.84 Å². The molecule has 8 nitrogen and oxygen atoms in total. The van der Waals surface area contributed by atoms with Crippen molar-refractivity contribution < 1.29 is 24.2 Å². The standard InChI is InChI=1S/C26H25N3O5/c1-3-26(2,24(32)28-17-12-16(23(30)31)13-27-14-17)29-25(33)34-15-22-20-10-6-4-8-18(20)19-9-5-7-11-21(19)22/h4-14,22H,3,15H2,1-2H3,(H,28,32)(H,29,33)(H,30,31). The molecule has 0 spiro atoms. The molecule has 1 aromatic heterocycles. The lowest BCUT2D eigenvalue weighted by atomic mass is 9.97. The summed E-state index contributed by atoms with van der Waals surface area (Å²) >= 11 is 0. The van der Waals surface area contributed by atoms with E-state index in [0.29, 0.717) is 0 Å². The lowest BCUT2D eigenvalue weighted by Crippen LogP contribution is -2.54. The van der Waals surface area contributed by atoms with Crippen molar-refractivity contribution in [3.63, 3.8) is 0 Å². The van der Waals surface area contributed by atoms with Crippen molar-refractivity contribution in [1.29, 1.82) is 0 Å². The molecule has 1 unspecified atom stereocenters. The number of anilines is 1. The van der Waals surface area contributed by atoms with E-state index in [-0.39, 0.29) is 30.2 Å². The molecule has 1 aliphatic rings. The zero-order chi connectivity index (χ0) is 24.3. The number of aromatic carboxylic acids is 1. The van der Waals surface area contributed by atoms with Gasteiger partial charge in [-0.3, -0.25) is 9.78 Å². The summed E-state index contributed by atoms with van der Waals surface area (Å²) in [7, 11) is 0. The fourth-order valence-electron chi connectivity index (χ4n) is 4.06. The fourth-order valence-corrected chi connectivity index (χ4v) is 4.06. The lowest BCUT2D eigenvalue weighted by molar-refractivity contribution is -0.121. The van der Waals surface area contributed by atoms with Gasteiger partial charge in [0.1, 0.15) is 12.1 Å². The summed E-state index contributed by atoms with van der Waals surface area (Å²) in [4.78, 5) is 40.6. The van der Waals surface area contributed by atoms with E-state index >= 15 is 0 Å². The number of aromatic nitrogens is 1. The van der Waals surface area contributed by atoms with Crippen molar-refractivity contribution in [2.45, 2.75) is 31.7 Å². The van der Waals surface area contributed by atoms with Gasteiger partial charge in [0, 0.05) is 12.1 Å². The average molecular weight is 460 g/mol. The van der Waals surface area contributed by atoms with Crippen molar-refractivity contribution in [3.8, 4) is 11.1 Å². The second-order valence-electron chi connectivity index (χ2n) is 8.36. The number of benzene rings is 2. The molecule has 0 aliphatic heterocycles. The van der Waals surface area contributed by atoms with Crippen molar-refractivity contribution in [3.05, 3.63) is 83.7 Å². The Morgan fingerprint density at radius 3 is 2.24 bits per heavy atom. The second-order valence-corrected chi connectivity index (χ2v) is 8.36. The van der Waals surface area contributed by atoms with Crippen LogP contribution in [0.4, 0.5) is 10.5 Å². The molecule has 34 heavy (non-hydrogen) atoms. The second kappa shape index (κ2) is 9.35. The Bertz CT molecular complexity index is 1210. The molecule has 0 saturated heterocycles. The number of nitrogens with zero attached hydrogens (tertiary/aromatic N) is 1. The van der Waals surface area contributed by atoms with Gasteiger partial charge in [-0.15, -0.1) is 0 Å². The van der Waals surface area contributed by atoms with Gasteiger partial charge in [-0.25, -0.2) is 9.59 Å². The molecule has 1 atom stereocenters. The van der Waals surface area contributed by atoms with E-state index in [1.165, 1.54) is 18.5 Å². The van der Waals surface area contributed by atoms with Crippen LogP contribution in [0.3, 0.4) is 0 Å². The first-order chi connectivity index (χ1) is 16.3. The summed E-state index contributed by atoms with van der Waals surface area (Å²) < 4.78 is 5.57. The Labute approximate surface area is 197 Å². The Hall–Kier alpha value is -4.20. The summed E-state index contributed by atoms with van der Waals surface area (Å²) in [5, 5.41) is 14.4. The average Bonchev–Trinajstić information content (AvgIpc) is 3.16. The first-order valence-electron chi connectivity index (χ1n) is 11.0. The third-order valence-electron chi connectivity index (χ3n) is 6.17. The van der Waals surface area contributed by atoms with Gasteiger partial charge in [0.25, 0.3) is 0 Å². The zero-order valence-electron chi connectivity index (χ0n) is 18.9. The summed E-state index contributed by atoms with van der Waals surface area (Å²) in [6, 6.07) is 17.4. The van der Waals surface area contributed by atoms with Crippen molar-refractivity contribution in [2.24, 2.45) is 0 Å². The van der Waals surface area contributed by atoms with Crippen LogP contribution in [0.25, 0.3) is 11.1 Å². The molecule has 0 bridgehead atoms. The predicted octanol–water partition coefficient (Wildman–Crippen LogP) is 4.43. The number of alkyl carbamates (subject to hydrolysis) is 1. The van der Waals surface area contributed by atoms with Crippen LogP contribution in [0.5, 0.6) is 0 Å². The number of carboxylic acids is 1. The minimum absolute atomic E-state index is 0.0551. The van der Waals surface area contributed by atoms with Gasteiger partial charge in [0.15, 0.2) is 0 Å². The van der Waals surface area contributed by atoms with E-state index in [2.05, 4.69) is 27.8 Å². The van der Waals surface area contributed by atoms with Crippen LogP contribution in [0, 0.1) is 0 Å². The largest absolute Gasteiger partial charge is 0.478 e. The molecule has 3 N–H and O–H groups in total. The quantitative estimate of drug-likeness (QED) is 0.481. The van der Waals surface area contributed by atoms with Gasteiger partial charge >= 0.3 is 12.1 Å². The number of rotatable bonds is 7. The highest BCUT2D eigenvalue weighted by Crippen LogP contribution is 2.44. The normalized spacial score (nSPS) is 13.8. The van der Waals surface area contributed by atoms with E-state index in [9.17, 15) is 14.4 Å². The van der Waals surface area contributed by atoms with Crippen LogP contribution in [-0.4, -0.2) is 40.2 Å². The number of pyridine rings is 1. The highest BCUT2D eigenvalue weighted by Gasteiger charge is 2.35. The number of amides is 2. The summed E-state index contributed by atoms with van der Waals surface area (Å²) in [6.45, 7) is 3.47. The first-order valence-corrected chi connectivity index (χ1v) is 11.0. The van der Waals surface area contributed by atoms with Crippen molar-refractivity contribution in [1.82, 2.24) is 10.3 Å². The summed E-state index contributed by atoms with van der Waals surface area (Å²) in [6.07, 6.45) is 2.10. The molecule has 174 valence electrons. The minimum atomic E-state index is -1.28. The molecule has 0 radical (unpaired) electrons. The van der Waals surface area contributed by atoms with Gasteiger partial charge in [0.2, 0.25) is 5.91 Å².